The maximum absolute atomic E-state index is 9.88. The first-order chi connectivity index (χ1) is 13.9. The van der Waals surface area contributed by atoms with E-state index in [1.54, 1.807) is 26.0 Å². The van der Waals surface area contributed by atoms with Crippen LogP contribution in [0.1, 0.15) is 60.6 Å². The topological polar surface area (TPSA) is 80.9 Å². The molecule has 4 N–H and O–H groups in total. The van der Waals surface area contributed by atoms with Crippen molar-refractivity contribution in [3.63, 3.8) is 0 Å². The van der Waals surface area contributed by atoms with Gasteiger partial charge >= 0.3 is 0 Å². The Bertz CT molecular complexity index is 896. The maximum atomic E-state index is 9.88. The molecular weight excluding hydrogens is 376 g/mol. The van der Waals surface area contributed by atoms with E-state index in [0.29, 0.717) is 17.9 Å². The number of benzene rings is 2. The minimum Gasteiger partial charge on any atom is -0.508 e. The van der Waals surface area contributed by atoms with E-state index in [0.717, 1.165) is 51.8 Å². The Morgan fingerprint density at radius 2 is 1.23 bits per heavy atom. The van der Waals surface area contributed by atoms with Crippen LogP contribution < -0.4 is 0 Å². The highest BCUT2D eigenvalue weighted by molar-refractivity contribution is 5.52. The average molecular weight is 413 g/mol. The van der Waals surface area contributed by atoms with Crippen LogP contribution in [0.2, 0.25) is 0 Å². The molecule has 0 amide bonds. The Labute approximate surface area is 180 Å². The summed E-state index contributed by atoms with van der Waals surface area (Å²) in [5.41, 5.74) is 6.88. The molecule has 0 saturated carbocycles. The lowest BCUT2D eigenvalue weighted by Crippen LogP contribution is -1.94. The van der Waals surface area contributed by atoms with Crippen molar-refractivity contribution in [1.82, 2.24) is 0 Å². The normalized spacial score (nSPS) is 10.2. The van der Waals surface area contributed by atoms with Gasteiger partial charge in [-0.15, -0.1) is 6.58 Å². The summed E-state index contributed by atoms with van der Waals surface area (Å²) < 4.78 is 0. The van der Waals surface area contributed by atoms with Gasteiger partial charge in [-0.3, -0.25) is 0 Å². The van der Waals surface area contributed by atoms with Crippen molar-refractivity contribution in [3.05, 3.63) is 69.3 Å². The average Bonchev–Trinajstić information content (AvgIpc) is 2.65. The number of phenols is 4. The van der Waals surface area contributed by atoms with Crippen LogP contribution in [-0.4, -0.2) is 20.4 Å². The van der Waals surface area contributed by atoms with E-state index >= 15 is 0 Å². The van der Waals surface area contributed by atoms with E-state index in [1.165, 1.54) is 5.57 Å². The molecule has 0 unspecified atom stereocenters. The van der Waals surface area contributed by atoms with Crippen molar-refractivity contribution in [3.8, 4) is 23.0 Å². The molecule has 2 aromatic carbocycles. The molecule has 164 valence electrons. The zero-order chi connectivity index (χ0) is 23.2. The quantitative estimate of drug-likeness (QED) is 0.336. The number of hydrogen-bond donors (Lipinski definition) is 4. The van der Waals surface area contributed by atoms with Crippen molar-refractivity contribution in [2.45, 2.75) is 67.7 Å². The Hall–Kier alpha value is -2.88. The van der Waals surface area contributed by atoms with Gasteiger partial charge in [0.05, 0.1) is 0 Å². The number of allylic oxidation sites excluding steroid dienone is 3. The molecule has 0 aliphatic heterocycles. The second-order valence-electron chi connectivity index (χ2n) is 8.27. The molecule has 4 heteroatoms. The first-order valence-electron chi connectivity index (χ1n) is 10.2. The predicted molar refractivity (Wildman–Crippen MR) is 125 cm³/mol. The first kappa shape index (κ1) is 25.2. The van der Waals surface area contributed by atoms with Crippen LogP contribution in [0.5, 0.6) is 23.0 Å². The SMILES string of the molecule is C=C(C)CCc1c(C)c(O)cc(C)c1O.CC(C)=CCc1c(C)c(O)cc(C)c1O. The zero-order valence-electron chi connectivity index (χ0n) is 19.3. The van der Waals surface area contributed by atoms with Gasteiger partial charge in [0.1, 0.15) is 23.0 Å². The minimum atomic E-state index is 0.252. The summed E-state index contributed by atoms with van der Waals surface area (Å²) in [4.78, 5) is 0. The minimum absolute atomic E-state index is 0.252. The molecule has 0 aromatic heterocycles. The highest BCUT2D eigenvalue weighted by Crippen LogP contribution is 2.34. The predicted octanol–water partition coefficient (Wildman–Crippen LogP) is 6.45. The fourth-order valence-electron chi connectivity index (χ4n) is 3.10. The molecule has 4 nitrogen and oxygen atoms in total. The number of aryl methyl sites for hydroxylation is 2. The van der Waals surface area contributed by atoms with Crippen molar-refractivity contribution >= 4 is 0 Å². The Morgan fingerprint density at radius 3 is 1.67 bits per heavy atom. The lowest BCUT2D eigenvalue weighted by Gasteiger charge is -2.12. The van der Waals surface area contributed by atoms with Crippen LogP contribution in [0.25, 0.3) is 0 Å². The molecule has 0 bridgehead atoms. The van der Waals surface area contributed by atoms with Gasteiger partial charge in [0, 0.05) is 11.1 Å². The van der Waals surface area contributed by atoms with E-state index < -0.39 is 0 Å². The molecule has 0 radical (unpaired) electrons. The van der Waals surface area contributed by atoms with E-state index in [4.69, 9.17) is 0 Å². The summed E-state index contributed by atoms with van der Waals surface area (Å²) >= 11 is 0. The van der Waals surface area contributed by atoms with E-state index in [1.807, 2.05) is 40.7 Å². The largest absolute Gasteiger partial charge is 0.508 e. The number of aromatic hydroxyl groups is 4. The van der Waals surface area contributed by atoms with Crippen molar-refractivity contribution in [2.24, 2.45) is 0 Å². The van der Waals surface area contributed by atoms with E-state index in [-0.39, 0.29) is 11.5 Å². The highest BCUT2D eigenvalue weighted by atomic mass is 16.3. The smallest absolute Gasteiger partial charge is 0.122 e. The van der Waals surface area contributed by atoms with Crippen LogP contribution >= 0.6 is 0 Å². The fraction of sp³-hybridized carbons (Fsp3) is 0.385. The number of rotatable bonds is 5. The van der Waals surface area contributed by atoms with Gasteiger partial charge in [0.2, 0.25) is 0 Å². The monoisotopic (exact) mass is 412 g/mol. The van der Waals surface area contributed by atoms with Crippen molar-refractivity contribution in [2.75, 3.05) is 0 Å². The molecular formula is C26H36O4. The highest BCUT2D eigenvalue weighted by Gasteiger charge is 2.12. The molecule has 0 heterocycles. The summed E-state index contributed by atoms with van der Waals surface area (Å²) in [6, 6.07) is 3.19. The molecule has 2 rings (SSSR count). The van der Waals surface area contributed by atoms with Gasteiger partial charge in [0.25, 0.3) is 0 Å². The first-order valence-corrected chi connectivity index (χ1v) is 10.2. The molecule has 0 aliphatic carbocycles. The zero-order valence-corrected chi connectivity index (χ0v) is 19.3. The van der Waals surface area contributed by atoms with Gasteiger partial charge in [-0.2, -0.15) is 0 Å². The van der Waals surface area contributed by atoms with Crippen LogP contribution in [-0.2, 0) is 12.8 Å². The van der Waals surface area contributed by atoms with Crippen LogP contribution in [0.3, 0.4) is 0 Å². The molecule has 0 fully saturated rings. The van der Waals surface area contributed by atoms with Crippen LogP contribution in [0.15, 0.2) is 35.9 Å². The van der Waals surface area contributed by atoms with Gasteiger partial charge in [-0.1, -0.05) is 17.2 Å². The number of hydrogen-bond acceptors (Lipinski definition) is 4. The maximum Gasteiger partial charge on any atom is 0.122 e. The summed E-state index contributed by atoms with van der Waals surface area (Å²) in [5, 5.41) is 39.0. The molecule has 0 saturated heterocycles. The second-order valence-corrected chi connectivity index (χ2v) is 8.27. The van der Waals surface area contributed by atoms with Gasteiger partial charge in [-0.05, 0) is 102 Å². The molecule has 0 spiro atoms. The molecule has 30 heavy (non-hydrogen) atoms. The molecule has 2 aromatic rings. The van der Waals surface area contributed by atoms with Crippen LogP contribution in [0, 0.1) is 27.7 Å². The van der Waals surface area contributed by atoms with Crippen LogP contribution in [0.4, 0.5) is 0 Å². The van der Waals surface area contributed by atoms with E-state index in [2.05, 4.69) is 6.58 Å². The fourth-order valence-corrected chi connectivity index (χ4v) is 3.10. The number of phenolic OH excluding ortho intramolecular Hbond substituents is 4. The van der Waals surface area contributed by atoms with E-state index in [9.17, 15) is 20.4 Å². The summed E-state index contributed by atoms with van der Waals surface area (Å²) in [5.74, 6) is 1.10. The Morgan fingerprint density at radius 1 is 0.800 bits per heavy atom. The summed E-state index contributed by atoms with van der Waals surface area (Å²) in [6.07, 6.45) is 4.26. The third kappa shape index (κ3) is 6.58. The summed E-state index contributed by atoms with van der Waals surface area (Å²) in [7, 11) is 0. The third-order valence-corrected chi connectivity index (χ3v) is 5.22. The second kappa shape index (κ2) is 10.8. The summed E-state index contributed by atoms with van der Waals surface area (Å²) in [6.45, 7) is 17.0. The van der Waals surface area contributed by atoms with Gasteiger partial charge in [0.15, 0.2) is 0 Å². The standard InChI is InChI=1S/2C13H18O2/c2*1-8(2)5-6-11-10(4)12(14)7-9(3)13(11)15/h5,7,14-15H,6H2,1-4H3;7,14-15H,1,5-6H2,2-4H3. The molecule has 0 atom stereocenters. The Kier molecular flexibility index (Phi) is 9.03. The third-order valence-electron chi connectivity index (χ3n) is 5.22. The molecule has 0 aliphatic rings. The lowest BCUT2D eigenvalue weighted by atomic mass is 9.97. The Balaban J connectivity index is 0.000000300. The lowest BCUT2D eigenvalue weighted by molar-refractivity contribution is 0.446. The van der Waals surface area contributed by atoms with Crippen molar-refractivity contribution in [1.29, 1.82) is 0 Å². The van der Waals surface area contributed by atoms with Gasteiger partial charge < -0.3 is 20.4 Å². The van der Waals surface area contributed by atoms with Crippen molar-refractivity contribution < 1.29 is 20.4 Å². The van der Waals surface area contributed by atoms with Gasteiger partial charge in [-0.25, -0.2) is 0 Å².